The van der Waals surface area contributed by atoms with Crippen LogP contribution in [0.25, 0.3) is 10.9 Å². The van der Waals surface area contributed by atoms with E-state index < -0.39 is 30.0 Å². The largest absolute Gasteiger partial charge is 0.457 e. The predicted octanol–water partition coefficient (Wildman–Crippen LogP) is 9.21. The molecule has 0 fully saturated rings. The number of nitrogens with zero attached hydrogens (tertiary/aromatic N) is 1. The fourth-order valence-electron chi connectivity index (χ4n) is 7.11. The molecule has 1 unspecified atom stereocenters. The van der Waals surface area contributed by atoms with Crippen molar-refractivity contribution in [1.82, 2.24) is 26.3 Å². The second kappa shape index (κ2) is 26.3. The van der Waals surface area contributed by atoms with Gasteiger partial charge in [0.05, 0.1) is 24.1 Å². The third-order valence-electron chi connectivity index (χ3n) is 10.9. The number of fused-ring (bicyclic) bond motifs is 1. The van der Waals surface area contributed by atoms with E-state index in [1.807, 2.05) is 52.0 Å². The van der Waals surface area contributed by atoms with Gasteiger partial charge in [0.1, 0.15) is 17.5 Å². The third kappa shape index (κ3) is 16.6. The number of benzene rings is 3. The van der Waals surface area contributed by atoms with Gasteiger partial charge in [-0.3, -0.25) is 24.2 Å². The molecule has 4 atom stereocenters. The number of halogens is 1. The molecular weight excluding hydrogens is 804 g/mol. The highest BCUT2D eigenvalue weighted by Crippen LogP contribution is 2.25. The lowest BCUT2D eigenvalue weighted by atomic mass is 9.94. The number of aliphatic hydroxyl groups is 1. The highest BCUT2D eigenvalue weighted by molar-refractivity contribution is 6.31. The normalized spacial score (nSPS) is 13.2. The monoisotopic (exact) mass is 870 g/mol. The number of aliphatic hydroxyl groups excluding tert-OH is 1. The van der Waals surface area contributed by atoms with E-state index in [1.54, 1.807) is 54.7 Å². The zero-order valence-corrected chi connectivity index (χ0v) is 37.9. The van der Waals surface area contributed by atoms with Crippen molar-refractivity contribution < 1.29 is 29.0 Å². The Morgan fingerprint density at radius 2 is 1.35 bits per heavy atom. The van der Waals surface area contributed by atoms with Crippen LogP contribution in [-0.2, 0) is 9.59 Å². The summed E-state index contributed by atoms with van der Waals surface area (Å²) in [5.74, 6) is -0.317. The fraction of sp³-hybridized carbons (Fsp3) is 0.490. The molecule has 62 heavy (non-hydrogen) atoms. The minimum absolute atomic E-state index is 0.120. The lowest BCUT2D eigenvalue weighted by molar-refractivity contribution is -0.128. The molecule has 0 bridgehead atoms. The van der Waals surface area contributed by atoms with Crippen LogP contribution >= 0.6 is 11.6 Å². The number of rotatable bonds is 27. The molecule has 1 aromatic heterocycles. The number of hydrogen-bond donors (Lipinski definition) is 6. The maximum absolute atomic E-state index is 13.7. The summed E-state index contributed by atoms with van der Waals surface area (Å²) in [6.45, 7) is 11.7. The van der Waals surface area contributed by atoms with Crippen molar-refractivity contribution in [2.24, 2.45) is 11.8 Å². The van der Waals surface area contributed by atoms with Crippen LogP contribution in [-0.4, -0.2) is 71.5 Å². The van der Waals surface area contributed by atoms with Crippen molar-refractivity contribution in [3.63, 3.8) is 0 Å². The SMILES string of the molecule is CCCCCCCCCNC(=O)C[C@H](O)[C@H](CC(C)C)NC(=O)[C@@H](NC(=O)c1ccc(Oc2ccc(C(=O)NCCCNc3ccnc4cc(Cl)ccc34)cc2)cc1)C(C)CC. The molecule has 4 aromatic rings. The van der Waals surface area contributed by atoms with Gasteiger partial charge in [0, 0.05) is 53.1 Å². The van der Waals surface area contributed by atoms with Crippen molar-refractivity contribution in [2.45, 2.75) is 123 Å². The first-order valence-corrected chi connectivity index (χ1v) is 22.8. The lowest BCUT2D eigenvalue weighted by Gasteiger charge is -2.30. The van der Waals surface area contributed by atoms with E-state index in [1.165, 1.54) is 25.7 Å². The highest BCUT2D eigenvalue weighted by Gasteiger charge is 2.31. The Kier molecular flexibility index (Phi) is 21.0. The molecule has 4 amide bonds. The number of ether oxygens (including phenoxy) is 1. The van der Waals surface area contributed by atoms with E-state index in [9.17, 15) is 24.3 Å². The minimum atomic E-state index is -1.08. The van der Waals surface area contributed by atoms with Crippen molar-refractivity contribution >= 4 is 51.8 Å². The molecule has 3 aromatic carbocycles. The quantitative estimate of drug-likeness (QED) is 0.0322. The molecule has 336 valence electrons. The van der Waals surface area contributed by atoms with Gasteiger partial charge in [0.2, 0.25) is 11.8 Å². The summed E-state index contributed by atoms with van der Waals surface area (Å²) in [5, 5.41) is 27.9. The first-order chi connectivity index (χ1) is 29.9. The number of nitrogens with one attached hydrogen (secondary N) is 5. The van der Waals surface area contributed by atoms with Gasteiger partial charge in [-0.2, -0.15) is 0 Å². The minimum Gasteiger partial charge on any atom is -0.457 e. The van der Waals surface area contributed by atoms with Crippen LogP contribution in [0.4, 0.5) is 5.69 Å². The topological polar surface area (TPSA) is 171 Å². The Morgan fingerprint density at radius 1 is 0.726 bits per heavy atom. The Morgan fingerprint density at radius 3 is 2.00 bits per heavy atom. The van der Waals surface area contributed by atoms with Gasteiger partial charge in [0.25, 0.3) is 11.8 Å². The molecule has 1 heterocycles. The van der Waals surface area contributed by atoms with Gasteiger partial charge in [-0.05, 0) is 104 Å². The summed E-state index contributed by atoms with van der Waals surface area (Å²) in [4.78, 5) is 57.1. The standard InChI is InChI=1S/C49H67ClN6O6/c1-6-8-9-10-11-12-13-26-53-45(58)32-44(57)43(30-33(3)4)55-49(61)46(34(5)7-2)56-48(60)36-17-22-39(23-18-36)62-38-20-15-35(16-21-38)47(59)54-28-14-27-51-41-25-29-52-42-31-37(50)19-24-40(41)42/h15-25,29,31,33-34,43-44,46,57H,6-14,26-28,30,32H2,1-5H3,(H,51,52)(H,53,58)(H,54,59)(H,55,61)(H,56,60)/t34?,43-,44-,46-/m0/s1. The zero-order valence-electron chi connectivity index (χ0n) is 37.1. The molecule has 0 spiro atoms. The first kappa shape index (κ1) is 49.5. The molecule has 12 nitrogen and oxygen atoms in total. The van der Waals surface area contributed by atoms with Crippen molar-refractivity contribution in [3.8, 4) is 11.5 Å². The van der Waals surface area contributed by atoms with Crippen LogP contribution in [0.3, 0.4) is 0 Å². The molecule has 13 heteroatoms. The second-order valence-electron chi connectivity index (χ2n) is 16.5. The van der Waals surface area contributed by atoms with Gasteiger partial charge in [-0.25, -0.2) is 0 Å². The van der Waals surface area contributed by atoms with E-state index >= 15 is 0 Å². The summed E-state index contributed by atoms with van der Waals surface area (Å²) in [6.07, 6.45) is 10.4. The number of pyridine rings is 1. The predicted molar refractivity (Wildman–Crippen MR) is 249 cm³/mol. The Balaban J connectivity index is 1.23. The Bertz CT molecular complexity index is 2010. The van der Waals surface area contributed by atoms with E-state index in [0.717, 1.165) is 35.9 Å². The summed E-state index contributed by atoms with van der Waals surface area (Å²) in [6, 6.07) is 19.4. The van der Waals surface area contributed by atoms with Crippen LogP contribution < -0.4 is 31.3 Å². The Labute approximate surface area is 372 Å². The second-order valence-corrected chi connectivity index (χ2v) is 17.0. The maximum Gasteiger partial charge on any atom is 0.251 e. The van der Waals surface area contributed by atoms with Crippen molar-refractivity contribution in [3.05, 3.63) is 95.1 Å². The molecule has 0 saturated heterocycles. The maximum atomic E-state index is 13.7. The van der Waals surface area contributed by atoms with E-state index in [0.29, 0.717) is 66.5 Å². The van der Waals surface area contributed by atoms with Gasteiger partial charge >= 0.3 is 0 Å². The number of carbonyl (C=O) groups is 4. The molecule has 0 aliphatic rings. The smallest absolute Gasteiger partial charge is 0.251 e. The summed E-state index contributed by atoms with van der Waals surface area (Å²) in [7, 11) is 0. The van der Waals surface area contributed by atoms with Crippen LogP contribution in [0.2, 0.25) is 5.02 Å². The Hall–Kier alpha value is -5.20. The van der Waals surface area contributed by atoms with E-state index in [2.05, 4.69) is 38.5 Å². The van der Waals surface area contributed by atoms with Gasteiger partial charge in [-0.1, -0.05) is 91.2 Å². The average molecular weight is 872 g/mol. The number of unbranched alkanes of at least 4 members (excludes halogenated alkanes) is 6. The van der Waals surface area contributed by atoms with Crippen molar-refractivity contribution in [2.75, 3.05) is 25.0 Å². The first-order valence-electron chi connectivity index (χ1n) is 22.4. The number of anilines is 1. The van der Waals surface area contributed by atoms with Crippen LogP contribution in [0.5, 0.6) is 11.5 Å². The molecule has 0 aliphatic heterocycles. The molecule has 6 N–H and O–H groups in total. The van der Waals surface area contributed by atoms with E-state index in [4.69, 9.17) is 16.3 Å². The van der Waals surface area contributed by atoms with Crippen LogP contribution in [0, 0.1) is 11.8 Å². The van der Waals surface area contributed by atoms with Gasteiger partial charge in [0.15, 0.2) is 0 Å². The average Bonchev–Trinajstić information content (AvgIpc) is 3.25. The van der Waals surface area contributed by atoms with Gasteiger partial charge < -0.3 is 36.4 Å². The van der Waals surface area contributed by atoms with Crippen LogP contribution in [0.15, 0.2) is 79.0 Å². The lowest BCUT2D eigenvalue weighted by Crippen LogP contribution is -2.55. The number of carbonyl (C=O) groups excluding carboxylic acids is 4. The van der Waals surface area contributed by atoms with Crippen LogP contribution in [0.1, 0.15) is 126 Å². The van der Waals surface area contributed by atoms with Crippen molar-refractivity contribution in [1.29, 1.82) is 0 Å². The third-order valence-corrected chi connectivity index (χ3v) is 11.2. The van der Waals surface area contributed by atoms with E-state index in [-0.39, 0.29) is 30.1 Å². The summed E-state index contributed by atoms with van der Waals surface area (Å²) >= 11 is 6.10. The highest BCUT2D eigenvalue weighted by atomic mass is 35.5. The molecule has 0 saturated carbocycles. The number of hydrogen-bond acceptors (Lipinski definition) is 8. The molecule has 0 aliphatic carbocycles. The molecular formula is C49H67ClN6O6. The molecule has 0 radical (unpaired) electrons. The summed E-state index contributed by atoms with van der Waals surface area (Å²) < 4.78 is 5.99. The molecule has 4 rings (SSSR count). The number of aromatic nitrogens is 1. The van der Waals surface area contributed by atoms with Gasteiger partial charge in [-0.15, -0.1) is 0 Å². The fourth-order valence-corrected chi connectivity index (χ4v) is 7.28. The summed E-state index contributed by atoms with van der Waals surface area (Å²) in [5.41, 5.74) is 2.61. The number of amides is 4. The zero-order chi connectivity index (χ0) is 44.9.